The first kappa shape index (κ1) is 35.8. The summed E-state index contributed by atoms with van der Waals surface area (Å²) in [5.74, 6) is 2.70. The third-order valence-corrected chi connectivity index (χ3v) is 12.3. The van der Waals surface area contributed by atoms with Gasteiger partial charge in [-0.3, -0.25) is 0 Å². The second-order valence-electron chi connectivity index (χ2n) is 15.9. The maximum absolute atomic E-state index is 6.75. The molecule has 1 aliphatic carbocycles. The van der Waals surface area contributed by atoms with Crippen molar-refractivity contribution in [1.29, 1.82) is 0 Å². The zero-order chi connectivity index (χ0) is 41.0. The Morgan fingerprint density at radius 1 is 0.419 bits per heavy atom. The SMILES string of the molecule is C1=CC2C(c3ccccc3N2c2ccc(-c3ccccc3)cc2)c2c1oc1cccc(-c3nc(-c4ccc(-c5ccccc5)cc4)nc(-c4cccc(-c5ccccc5)c4)n3)c21. The minimum absolute atomic E-state index is 0.0104. The highest BCUT2D eigenvalue weighted by molar-refractivity contribution is 6.00. The normalized spacial score (nSPS) is 15.0. The van der Waals surface area contributed by atoms with Crippen LogP contribution in [0.15, 0.2) is 217 Å². The minimum atomic E-state index is 0.0104. The standard InChI is InChI=1S/C57H38N4O/c1-4-14-37(15-5-1)40-26-28-42(29-27-40)55-58-56(44-21-12-20-43(36-44)39-18-8-3-9-19-39)60-57(59-55)47-23-13-25-50-53(47)54-51(62-50)35-34-49-52(54)46-22-10-11-24-48(46)61(49)45-32-30-41(31-33-45)38-16-6-2-7-17-38/h1-36,49,52H. The van der Waals surface area contributed by atoms with Crippen molar-refractivity contribution in [3.8, 4) is 67.5 Å². The molecular formula is C57H38N4O. The number of furan rings is 1. The van der Waals surface area contributed by atoms with E-state index in [1.165, 1.54) is 22.4 Å². The molecule has 0 fully saturated rings. The fraction of sp³-hybridized carbons (Fsp3) is 0.0351. The van der Waals surface area contributed by atoms with E-state index in [4.69, 9.17) is 19.4 Å². The topological polar surface area (TPSA) is 55.1 Å². The Kier molecular flexibility index (Phi) is 8.56. The van der Waals surface area contributed by atoms with Gasteiger partial charge in [0.2, 0.25) is 0 Å². The van der Waals surface area contributed by atoms with Crippen molar-refractivity contribution in [2.75, 3.05) is 4.90 Å². The van der Waals surface area contributed by atoms with Gasteiger partial charge in [0.1, 0.15) is 11.3 Å². The average Bonchev–Trinajstić information content (AvgIpc) is 3.91. The maximum Gasteiger partial charge on any atom is 0.164 e. The first-order valence-corrected chi connectivity index (χ1v) is 21.1. The molecule has 2 aliphatic rings. The Bertz CT molecular complexity index is 3290. The average molecular weight is 795 g/mol. The molecule has 0 radical (unpaired) electrons. The molecule has 0 amide bonds. The molecule has 2 unspecified atom stereocenters. The van der Waals surface area contributed by atoms with E-state index >= 15 is 0 Å². The molecule has 0 bridgehead atoms. The first-order valence-electron chi connectivity index (χ1n) is 21.1. The van der Waals surface area contributed by atoms with Crippen LogP contribution in [0.4, 0.5) is 11.4 Å². The van der Waals surface area contributed by atoms with Gasteiger partial charge < -0.3 is 9.32 Å². The van der Waals surface area contributed by atoms with Crippen molar-refractivity contribution < 1.29 is 4.42 Å². The number of hydrogen-bond donors (Lipinski definition) is 0. The maximum atomic E-state index is 6.75. The Hall–Kier alpha value is -8.15. The predicted octanol–water partition coefficient (Wildman–Crippen LogP) is 14.3. The van der Waals surface area contributed by atoms with Crippen molar-refractivity contribution in [2.45, 2.75) is 12.0 Å². The summed E-state index contributed by atoms with van der Waals surface area (Å²) in [6.45, 7) is 0. The lowest BCUT2D eigenvalue weighted by Crippen LogP contribution is -2.30. The third-order valence-electron chi connectivity index (χ3n) is 12.3. The summed E-state index contributed by atoms with van der Waals surface area (Å²) in [5.41, 5.74) is 15.2. The van der Waals surface area contributed by atoms with Crippen molar-refractivity contribution in [3.63, 3.8) is 0 Å². The van der Waals surface area contributed by atoms with Crippen LogP contribution in [0.25, 0.3) is 84.6 Å². The summed E-state index contributed by atoms with van der Waals surface area (Å²) in [5, 5.41) is 1.03. The smallest absolute Gasteiger partial charge is 0.164 e. The predicted molar refractivity (Wildman–Crippen MR) is 252 cm³/mol. The molecular weight excluding hydrogens is 757 g/mol. The van der Waals surface area contributed by atoms with Crippen LogP contribution in [-0.4, -0.2) is 21.0 Å². The third kappa shape index (κ3) is 6.13. The Morgan fingerprint density at radius 3 is 1.63 bits per heavy atom. The molecule has 1 aliphatic heterocycles. The summed E-state index contributed by atoms with van der Waals surface area (Å²) in [4.78, 5) is 18.3. The monoisotopic (exact) mass is 794 g/mol. The Morgan fingerprint density at radius 2 is 0.935 bits per heavy atom. The second-order valence-corrected chi connectivity index (χ2v) is 15.9. The van der Waals surface area contributed by atoms with Gasteiger partial charge in [0.05, 0.1) is 6.04 Å². The van der Waals surface area contributed by atoms with E-state index in [1.807, 2.05) is 18.2 Å². The molecule has 2 atom stereocenters. The van der Waals surface area contributed by atoms with E-state index in [2.05, 4.69) is 205 Å². The first-order chi connectivity index (χ1) is 30.7. The van der Waals surface area contributed by atoms with E-state index < -0.39 is 0 Å². The van der Waals surface area contributed by atoms with Crippen LogP contribution < -0.4 is 4.90 Å². The van der Waals surface area contributed by atoms with Crippen LogP contribution in [-0.2, 0) is 0 Å². The van der Waals surface area contributed by atoms with Crippen molar-refractivity contribution in [3.05, 3.63) is 229 Å². The van der Waals surface area contributed by atoms with Crippen molar-refractivity contribution in [1.82, 2.24) is 15.0 Å². The number of benzene rings is 8. The fourth-order valence-corrected chi connectivity index (χ4v) is 9.40. The largest absolute Gasteiger partial charge is 0.456 e. The number of rotatable bonds is 7. The van der Waals surface area contributed by atoms with Crippen molar-refractivity contribution >= 4 is 28.4 Å². The van der Waals surface area contributed by atoms with E-state index in [1.54, 1.807) is 0 Å². The van der Waals surface area contributed by atoms with Gasteiger partial charge in [-0.25, -0.2) is 15.0 Å². The second kappa shape index (κ2) is 14.8. The molecule has 292 valence electrons. The molecule has 0 N–H and O–H groups in total. The zero-order valence-electron chi connectivity index (χ0n) is 33.6. The van der Waals surface area contributed by atoms with Crippen LogP contribution in [0, 0.1) is 0 Å². The van der Waals surface area contributed by atoms with Crippen LogP contribution in [0.1, 0.15) is 22.8 Å². The van der Waals surface area contributed by atoms with Gasteiger partial charge in [0.25, 0.3) is 0 Å². The summed E-state index contributed by atoms with van der Waals surface area (Å²) >= 11 is 0. The molecule has 2 aromatic heterocycles. The number of hydrogen-bond acceptors (Lipinski definition) is 5. The van der Waals surface area contributed by atoms with Crippen LogP contribution in [0.3, 0.4) is 0 Å². The zero-order valence-corrected chi connectivity index (χ0v) is 33.6. The molecule has 5 nitrogen and oxygen atoms in total. The molecule has 5 heteroatoms. The number of fused-ring (bicyclic) bond motifs is 7. The number of anilines is 2. The number of nitrogens with zero attached hydrogens (tertiary/aromatic N) is 4. The Labute approximate surface area is 360 Å². The summed E-state index contributed by atoms with van der Waals surface area (Å²) < 4.78 is 6.75. The lowest BCUT2D eigenvalue weighted by Gasteiger charge is -2.30. The fourth-order valence-electron chi connectivity index (χ4n) is 9.40. The van der Waals surface area contributed by atoms with Crippen LogP contribution in [0.5, 0.6) is 0 Å². The van der Waals surface area contributed by atoms with E-state index in [-0.39, 0.29) is 12.0 Å². The quantitative estimate of drug-likeness (QED) is 0.161. The summed E-state index contributed by atoms with van der Waals surface area (Å²) in [6.07, 6.45) is 4.46. The van der Waals surface area contributed by atoms with Gasteiger partial charge in [-0.2, -0.15) is 0 Å². The Balaban J connectivity index is 1.01. The van der Waals surface area contributed by atoms with Crippen LogP contribution in [0.2, 0.25) is 0 Å². The van der Waals surface area contributed by atoms with Crippen LogP contribution >= 0.6 is 0 Å². The van der Waals surface area contributed by atoms with E-state index in [9.17, 15) is 0 Å². The molecule has 3 heterocycles. The molecule has 62 heavy (non-hydrogen) atoms. The van der Waals surface area contributed by atoms with E-state index in [0.717, 1.165) is 66.9 Å². The highest BCUT2D eigenvalue weighted by Crippen LogP contribution is 2.54. The molecule has 10 aromatic rings. The van der Waals surface area contributed by atoms with Crippen molar-refractivity contribution in [2.24, 2.45) is 0 Å². The van der Waals surface area contributed by atoms with Gasteiger partial charge in [-0.05, 0) is 75.4 Å². The number of aromatic nitrogens is 3. The molecule has 0 saturated carbocycles. The highest BCUT2D eigenvalue weighted by Gasteiger charge is 2.43. The lowest BCUT2D eigenvalue weighted by molar-refractivity contribution is 0.584. The molecule has 0 saturated heterocycles. The van der Waals surface area contributed by atoms with Gasteiger partial charge in [0.15, 0.2) is 17.5 Å². The molecule has 12 rings (SSSR count). The van der Waals surface area contributed by atoms with Gasteiger partial charge >= 0.3 is 0 Å². The highest BCUT2D eigenvalue weighted by atomic mass is 16.3. The van der Waals surface area contributed by atoms with E-state index in [0.29, 0.717) is 17.5 Å². The van der Waals surface area contributed by atoms with Gasteiger partial charge in [-0.15, -0.1) is 0 Å². The van der Waals surface area contributed by atoms with Gasteiger partial charge in [0, 0.05) is 44.9 Å². The minimum Gasteiger partial charge on any atom is -0.456 e. The number of para-hydroxylation sites is 1. The molecule has 8 aromatic carbocycles. The summed E-state index contributed by atoms with van der Waals surface area (Å²) in [7, 11) is 0. The summed E-state index contributed by atoms with van der Waals surface area (Å²) in [6, 6.07) is 72.4. The lowest BCUT2D eigenvalue weighted by atomic mass is 9.81. The molecule has 0 spiro atoms. The van der Waals surface area contributed by atoms with Gasteiger partial charge in [-0.1, -0.05) is 182 Å².